The van der Waals surface area contributed by atoms with Gasteiger partial charge in [0.2, 0.25) is 0 Å². The summed E-state index contributed by atoms with van der Waals surface area (Å²) in [5.74, 6) is -1.93. The highest BCUT2D eigenvalue weighted by Gasteiger charge is 2.69. The third kappa shape index (κ3) is 3.94. The van der Waals surface area contributed by atoms with Crippen LogP contribution in [0.4, 0.5) is 13.2 Å². The third-order valence-electron chi connectivity index (χ3n) is 6.43. The van der Waals surface area contributed by atoms with Crippen LogP contribution in [0.2, 0.25) is 0 Å². The Morgan fingerprint density at radius 1 is 1.27 bits per heavy atom. The predicted molar refractivity (Wildman–Crippen MR) is 107 cm³/mol. The van der Waals surface area contributed by atoms with Crippen molar-refractivity contribution < 1.29 is 27.8 Å². The van der Waals surface area contributed by atoms with Crippen molar-refractivity contribution in [3.05, 3.63) is 29.3 Å². The van der Waals surface area contributed by atoms with Crippen molar-refractivity contribution in [3.63, 3.8) is 0 Å². The van der Waals surface area contributed by atoms with E-state index in [0.717, 1.165) is 11.1 Å². The maximum atomic E-state index is 14.1. The Balaban J connectivity index is 1.83. The number of aryl methyl sites for hydroxylation is 2. The van der Waals surface area contributed by atoms with Crippen molar-refractivity contribution in [3.8, 4) is 5.75 Å². The molecule has 1 amide bonds. The van der Waals surface area contributed by atoms with Crippen molar-refractivity contribution in [2.75, 3.05) is 6.61 Å². The fraction of sp³-hybridized carbons (Fsp3) is 0.636. The Labute approximate surface area is 174 Å². The summed E-state index contributed by atoms with van der Waals surface area (Å²) in [5, 5.41) is 15.0. The summed E-state index contributed by atoms with van der Waals surface area (Å²) in [6, 6.07) is 5.16. The smallest absolute Gasteiger partial charge is 0.439 e. The van der Waals surface area contributed by atoms with Crippen LogP contribution in [0.5, 0.6) is 5.75 Å². The lowest BCUT2D eigenvalue weighted by atomic mass is 9.66. The number of rotatable bonds is 3. The van der Waals surface area contributed by atoms with Crippen molar-refractivity contribution in [2.45, 2.75) is 65.8 Å². The molecule has 1 aromatic carbocycles. The first-order chi connectivity index (χ1) is 13.7. The van der Waals surface area contributed by atoms with Gasteiger partial charge in [-0.15, -0.1) is 0 Å². The van der Waals surface area contributed by atoms with E-state index in [4.69, 9.17) is 4.74 Å². The highest BCUT2D eigenvalue weighted by atomic mass is 19.4. The summed E-state index contributed by atoms with van der Waals surface area (Å²) in [6.45, 7) is 9.06. The Morgan fingerprint density at radius 3 is 2.50 bits per heavy atom. The minimum Gasteiger partial charge on any atom is -0.484 e. The van der Waals surface area contributed by atoms with Gasteiger partial charge in [0.15, 0.2) is 6.61 Å². The van der Waals surface area contributed by atoms with Gasteiger partial charge in [-0.05, 0) is 67.7 Å². The summed E-state index contributed by atoms with van der Waals surface area (Å²) in [5.41, 5.74) is -1.36. The number of carbonyl (C=O) groups is 1. The number of hydrogen-bond donors (Lipinski definition) is 1. The van der Waals surface area contributed by atoms with Crippen LogP contribution in [-0.4, -0.2) is 40.2 Å². The molecular formula is C22H29F3N2O3. The minimum atomic E-state index is -5.04. The van der Waals surface area contributed by atoms with Crippen LogP contribution in [0.3, 0.4) is 0 Å². The number of ether oxygens (including phenoxy) is 1. The van der Waals surface area contributed by atoms with Gasteiger partial charge in [0.25, 0.3) is 11.6 Å². The van der Waals surface area contributed by atoms with Gasteiger partial charge in [-0.2, -0.15) is 23.3 Å². The van der Waals surface area contributed by atoms with Crippen molar-refractivity contribution in [1.82, 2.24) is 5.01 Å². The summed E-state index contributed by atoms with van der Waals surface area (Å²) in [4.78, 5) is 12.7. The molecule has 1 aliphatic carbocycles. The molecular weight excluding hydrogens is 397 g/mol. The topological polar surface area (TPSA) is 62.1 Å². The highest BCUT2D eigenvalue weighted by Crippen LogP contribution is 2.51. The second-order valence-corrected chi connectivity index (χ2v) is 9.45. The van der Waals surface area contributed by atoms with Crippen molar-refractivity contribution >= 4 is 11.6 Å². The van der Waals surface area contributed by atoms with E-state index >= 15 is 0 Å². The largest absolute Gasteiger partial charge is 0.484 e. The SMILES string of the molecule is Cc1ccc(OCC(=O)N2N=C3CC[C@H](C(C)(C)C)C[C@H]3[C@]2(O)C(F)(F)F)cc1C. The first-order valence-electron chi connectivity index (χ1n) is 10.1. The third-order valence-corrected chi connectivity index (χ3v) is 6.43. The minimum absolute atomic E-state index is 0.0165. The van der Waals surface area contributed by atoms with Gasteiger partial charge in [0.1, 0.15) is 5.75 Å². The molecule has 0 spiro atoms. The quantitative estimate of drug-likeness (QED) is 0.769. The molecule has 1 aliphatic heterocycles. The predicted octanol–water partition coefficient (Wildman–Crippen LogP) is 4.59. The fourth-order valence-electron chi connectivity index (χ4n) is 4.26. The van der Waals surface area contributed by atoms with E-state index in [2.05, 4.69) is 5.10 Å². The fourth-order valence-corrected chi connectivity index (χ4v) is 4.26. The first kappa shape index (κ1) is 22.6. The number of amides is 1. The van der Waals surface area contributed by atoms with Crippen LogP contribution in [0, 0.1) is 31.1 Å². The lowest BCUT2D eigenvalue weighted by Gasteiger charge is -2.42. The summed E-state index contributed by atoms with van der Waals surface area (Å²) >= 11 is 0. The van der Waals surface area contributed by atoms with Crippen LogP contribution in [0.15, 0.2) is 23.3 Å². The zero-order valence-electron chi connectivity index (χ0n) is 18.0. The zero-order valence-corrected chi connectivity index (χ0v) is 18.0. The van der Waals surface area contributed by atoms with Gasteiger partial charge in [-0.3, -0.25) is 4.79 Å². The number of nitrogens with zero attached hydrogens (tertiary/aromatic N) is 2. The first-order valence-corrected chi connectivity index (χ1v) is 10.1. The van der Waals surface area contributed by atoms with Gasteiger partial charge in [0, 0.05) is 5.71 Å². The van der Waals surface area contributed by atoms with Crippen LogP contribution in [0.1, 0.15) is 51.2 Å². The average molecular weight is 426 g/mol. The average Bonchev–Trinajstić information content (AvgIpc) is 2.95. The molecule has 1 N–H and O–H groups in total. The van der Waals surface area contributed by atoms with Crippen LogP contribution >= 0.6 is 0 Å². The van der Waals surface area contributed by atoms with Gasteiger partial charge in [-0.1, -0.05) is 26.8 Å². The molecule has 166 valence electrons. The Bertz CT molecular complexity index is 860. The molecule has 3 atom stereocenters. The molecule has 1 aromatic rings. The molecule has 1 saturated carbocycles. The molecule has 1 fully saturated rings. The second kappa shape index (κ2) is 7.55. The monoisotopic (exact) mass is 426 g/mol. The summed E-state index contributed by atoms with van der Waals surface area (Å²) in [7, 11) is 0. The number of benzene rings is 1. The van der Waals surface area contributed by atoms with E-state index < -0.39 is 30.3 Å². The molecule has 3 rings (SSSR count). The number of fused-ring (bicyclic) bond motifs is 1. The number of hydrazone groups is 1. The lowest BCUT2D eigenvalue weighted by molar-refractivity contribution is -0.318. The molecule has 8 heteroatoms. The van der Waals surface area contributed by atoms with E-state index in [1.54, 1.807) is 18.2 Å². The van der Waals surface area contributed by atoms with Gasteiger partial charge < -0.3 is 9.84 Å². The van der Waals surface area contributed by atoms with Gasteiger partial charge >= 0.3 is 6.18 Å². The van der Waals surface area contributed by atoms with E-state index in [9.17, 15) is 23.1 Å². The maximum absolute atomic E-state index is 14.1. The van der Waals surface area contributed by atoms with Crippen LogP contribution in [-0.2, 0) is 4.79 Å². The van der Waals surface area contributed by atoms with E-state index in [0.29, 0.717) is 18.6 Å². The molecule has 0 unspecified atom stereocenters. The van der Waals surface area contributed by atoms with Gasteiger partial charge in [-0.25, -0.2) is 0 Å². The van der Waals surface area contributed by atoms with E-state index in [1.165, 1.54) is 0 Å². The number of alkyl halides is 3. The number of halogens is 3. The Hall–Kier alpha value is -2.09. The molecule has 0 bridgehead atoms. The van der Waals surface area contributed by atoms with Crippen molar-refractivity contribution in [1.29, 1.82) is 0 Å². The van der Waals surface area contributed by atoms with Crippen LogP contribution < -0.4 is 4.74 Å². The molecule has 30 heavy (non-hydrogen) atoms. The molecule has 1 heterocycles. The molecule has 2 aliphatic rings. The maximum Gasteiger partial charge on any atom is 0.439 e. The summed E-state index contributed by atoms with van der Waals surface area (Å²) < 4.78 is 47.6. The van der Waals surface area contributed by atoms with Crippen LogP contribution in [0.25, 0.3) is 0 Å². The zero-order chi connectivity index (χ0) is 22.5. The Kier molecular flexibility index (Phi) is 5.69. The lowest BCUT2D eigenvalue weighted by Crippen LogP contribution is -2.62. The van der Waals surface area contributed by atoms with E-state index in [-0.39, 0.29) is 28.5 Å². The van der Waals surface area contributed by atoms with Crippen molar-refractivity contribution in [2.24, 2.45) is 22.4 Å². The number of aliphatic hydroxyl groups is 1. The summed E-state index contributed by atoms with van der Waals surface area (Å²) in [6.07, 6.45) is -3.92. The highest BCUT2D eigenvalue weighted by molar-refractivity contribution is 5.93. The molecule has 0 aromatic heterocycles. The molecule has 0 radical (unpaired) electrons. The number of hydrogen-bond acceptors (Lipinski definition) is 4. The Morgan fingerprint density at radius 2 is 1.93 bits per heavy atom. The molecule has 0 saturated heterocycles. The second-order valence-electron chi connectivity index (χ2n) is 9.45. The number of carbonyl (C=O) groups excluding carboxylic acids is 1. The standard InChI is InChI=1S/C22H29F3N2O3/c1-13-6-8-16(10-14(13)2)30-12-19(28)27-21(29,22(23,24)25)17-11-15(20(3,4)5)7-9-18(17)26-27/h6,8,10,15,17,29H,7,9,11-12H2,1-5H3/t15-,17+,21-/m0/s1. The normalized spacial score (nSPS) is 27.0. The van der Waals surface area contributed by atoms with Gasteiger partial charge in [0.05, 0.1) is 5.92 Å². The molecule has 5 nitrogen and oxygen atoms in total. The van der Waals surface area contributed by atoms with E-state index in [1.807, 2.05) is 34.6 Å².